The van der Waals surface area contributed by atoms with Gasteiger partial charge in [0.05, 0.1) is 24.8 Å². The van der Waals surface area contributed by atoms with E-state index in [-0.39, 0.29) is 11.4 Å². The Hall–Kier alpha value is -2.42. The summed E-state index contributed by atoms with van der Waals surface area (Å²) in [6.45, 7) is 2.30. The molecule has 0 bridgehead atoms. The molecule has 1 aromatic heterocycles. The molecule has 6 nitrogen and oxygen atoms in total. The molecule has 0 aliphatic heterocycles. The molecule has 2 aromatic carbocycles. The Kier molecular flexibility index (Phi) is 6.33. The van der Waals surface area contributed by atoms with Gasteiger partial charge in [-0.2, -0.15) is 0 Å². The number of hydrogen-bond donors (Lipinski definition) is 1. The maximum absolute atomic E-state index is 12.5. The van der Waals surface area contributed by atoms with Gasteiger partial charge in [-0.1, -0.05) is 29.8 Å². The number of ether oxygens (including phenoxy) is 2. The van der Waals surface area contributed by atoms with Crippen LogP contribution in [0, 0.1) is 6.92 Å². The average Bonchev–Trinajstić information content (AvgIpc) is 3.16. The van der Waals surface area contributed by atoms with Crippen LogP contribution >= 0.6 is 11.3 Å². The third-order valence-electron chi connectivity index (χ3n) is 4.19. The monoisotopic (exact) mass is 418 g/mol. The van der Waals surface area contributed by atoms with E-state index in [9.17, 15) is 8.42 Å². The molecule has 0 spiro atoms. The van der Waals surface area contributed by atoms with Gasteiger partial charge in [0.1, 0.15) is 5.01 Å². The van der Waals surface area contributed by atoms with Crippen molar-refractivity contribution in [2.24, 2.45) is 0 Å². The normalized spacial score (nSPS) is 11.4. The zero-order valence-electron chi connectivity index (χ0n) is 15.9. The van der Waals surface area contributed by atoms with E-state index >= 15 is 0 Å². The van der Waals surface area contributed by atoms with E-state index in [4.69, 9.17) is 9.47 Å². The first kappa shape index (κ1) is 20.3. The summed E-state index contributed by atoms with van der Waals surface area (Å²) >= 11 is 1.55. The molecule has 0 aliphatic carbocycles. The highest BCUT2D eigenvalue weighted by Crippen LogP contribution is 2.29. The fourth-order valence-corrected chi connectivity index (χ4v) is 4.54. The molecular weight excluding hydrogens is 396 g/mol. The first-order valence-corrected chi connectivity index (χ1v) is 11.0. The number of rotatable bonds is 8. The predicted molar refractivity (Wildman–Crippen MR) is 111 cm³/mol. The quantitative estimate of drug-likeness (QED) is 0.604. The third kappa shape index (κ3) is 4.70. The maximum atomic E-state index is 12.5. The Balaban J connectivity index is 1.64. The molecule has 28 heavy (non-hydrogen) atoms. The van der Waals surface area contributed by atoms with Crippen LogP contribution in [-0.2, 0) is 16.4 Å². The van der Waals surface area contributed by atoms with E-state index in [0.29, 0.717) is 17.9 Å². The van der Waals surface area contributed by atoms with Crippen molar-refractivity contribution in [2.45, 2.75) is 18.2 Å². The molecule has 1 N–H and O–H groups in total. The van der Waals surface area contributed by atoms with Crippen LogP contribution in [0.25, 0.3) is 10.6 Å². The molecular formula is C20H22N2O4S2. The van der Waals surface area contributed by atoms with E-state index in [1.807, 2.05) is 36.6 Å². The van der Waals surface area contributed by atoms with Crippen LogP contribution in [0.2, 0.25) is 0 Å². The van der Waals surface area contributed by atoms with Crippen molar-refractivity contribution in [2.75, 3.05) is 20.8 Å². The van der Waals surface area contributed by atoms with Crippen molar-refractivity contribution in [3.05, 3.63) is 59.1 Å². The molecule has 3 rings (SSSR count). The number of methoxy groups -OCH3 is 2. The number of aromatic nitrogens is 1. The van der Waals surface area contributed by atoms with Gasteiger partial charge in [-0.15, -0.1) is 11.3 Å². The van der Waals surface area contributed by atoms with Gasteiger partial charge in [0.2, 0.25) is 10.0 Å². The van der Waals surface area contributed by atoms with Crippen molar-refractivity contribution in [3.8, 4) is 22.1 Å². The Morgan fingerprint density at radius 1 is 1.04 bits per heavy atom. The highest BCUT2D eigenvalue weighted by atomic mass is 32.2. The number of nitrogens with one attached hydrogen (secondary N) is 1. The summed E-state index contributed by atoms with van der Waals surface area (Å²) in [5, 5.41) is 2.89. The van der Waals surface area contributed by atoms with Crippen molar-refractivity contribution in [1.29, 1.82) is 0 Å². The molecule has 3 aromatic rings. The standard InChI is InChI=1S/C20H22N2O4S2/c1-14-4-6-15(7-5-14)20-22-16(13-27-20)10-11-21-28(23,24)17-8-9-18(25-2)19(12-17)26-3/h4-9,12-13,21H,10-11H2,1-3H3. The summed E-state index contributed by atoms with van der Waals surface area (Å²) in [6, 6.07) is 12.7. The second-order valence-electron chi connectivity index (χ2n) is 6.17. The van der Waals surface area contributed by atoms with Gasteiger partial charge in [0, 0.05) is 30.0 Å². The first-order valence-electron chi connectivity index (χ1n) is 8.66. The molecule has 0 saturated carbocycles. The number of hydrogen-bond acceptors (Lipinski definition) is 6. The summed E-state index contributed by atoms with van der Waals surface area (Å²) in [6.07, 6.45) is 0.509. The Labute approximate surface area is 169 Å². The minimum atomic E-state index is -3.65. The van der Waals surface area contributed by atoms with Crippen LogP contribution in [0.15, 0.2) is 52.7 Å². The van der Waals surface area contributed by atoms with Crippen molar-refractivity contribution in [3.63, 3.8) is 0 Å². The zero-order valence-corrected chi connectivity index (χ0v) is 17.6. The van der Waals surface area contributed by atoms with Gasteiger partial charge < -0.3 is 9.47 Å². The highest BCUT2D eigenvalue weighted by molar-refractivity contribution is 7.89. The largest absolute Gasteiger partial charge is 0.493 e. The number of benzene rings is 2. The van der Waals surface area contributed by atoms with E-state index in [1.54, 1.807) is 17.4 Å². The van der Waals surface area contributed by atoms with E-state index in [0.717, 1.165) is 16.3 Å². The fourth-order valence-electron chi connectivity index (χ4n) is 2.63. The molecule has 0 aliphatic rings. The maximum Gasteiger partial charge on any atom is 0.240 e. The van der Waals surface area contributed by atoms with Gasteiger partial charge in [0.15, 0.2) is 11.5 Å². The van der Waals surface area contributed by atoms with Gasteiger partial charge in [-0.25, -0.2) is 18.1 Å². The van der Waals surface area contributed by atoms with Crippen LogP contribution in [-0.4, -0.2) is 34.2 Å². The van der Waals surface area contributed by atoms with Crippen molar-refractivity contribution in [1.82, 2.24) is 9.71 Å². The summed E-state index contributed by atoms with van der Waals surface area (Å²) in [4.78, 5) is 4.73. The van der Waals surface area contributed by atoms with Crippen LogP contribution in [0.4, 0.5) is 0 Å². The molecule has 0 radical (unpaired) electrons. The molecule has 0 fully saturated rings. The number of nitrogens with zero attached hydrogens (tertiary/aromatic N) is 1. The number of aryl methyl sites for hydroxylation is 1. The third-order valence-corrected chi connectivity index (χ3v) is 6.59. The van der Waals surface area contributed by atoms with E-state index in [2.05, 4.69) is 9.71 Å². The van der Waals surface area contributed by atoms with Crippen LogP contribution in [0.1, 0.15) is 11.3 Å². The molecule has 1 heterocycles. The second-order valence-corrected chi connectivity index (χ2v) is 8.80. The van der Waals surface area contributed by atoms with Gasteiger partial charge in [-0.05, 0) is 19.1 Å². The molecule has 0 amide bonds. The Morgan fingerprint density at radius 2 is 1.75 bits per heavy atom. The summed E-state index contributed by atoms with van der Waals surface area (Å²) in [5.74, 6) is 0.847. The second kappa shape index (κ2) is 8.72. The number of sulfonamides is 1. The Bertz CT molecular complexity index is 1040. The predicted octanol–water partition coefficient (Wildman–Crippen LogP) is 3.66. The van der Waals surface area contributed by atoms with Gasteiger partial charge >= 0.3 is 0 Å². The minimum Gasteiger partial charge on any atom is -0.493 e. The summed E-state index contributed by atoms with van der Waals surface area (Å²) in [5.41, 5.74) is 3.12. The van der Waals surface area contributed by atoms with Crippen LogP contribution in [0.5, 0.6) is 11.5 Å². The summed E-state index contributed by atoms with van der Waals surface area (Å²) < 4.78 is 38.0. The smallest absolute Gasteiger partial charge is 0.240 e. The summed E-state index contributed by atoms with van der Waals surface area (Å²) in [7, 11) is -0.677. The molecule has 148 valence electrons. The van der Waals surface area contributed by atoms with Gasteiger partial charge in [0.25, 0.3) is 0 Å². The van der Waals surface area contributed by atoms with Crippen molar-refractivity contribution >= 4 is 21.4 Å². The van der Waals surface area contributed by atoms with E-state index < -0.39 is 10.0 Å². The van der Waals surface area contributed by atoms with Crippen LogP contribution in [0.3, 0.4) is 0 Å². The molecule has 8 heteroatoms. The fraction of sp³-hybridized carbons (Fsp3) is 0.250. The first-order chi connectivity index (χ1) is 13.4. The van der Waals surface area contributed by atoms with Crippen molar-refractivity contribution < 1.29 is 17.9 Å². The minimum absolute atomic E-state index is 0.128. The lowest BCUT2D eigenvalue weighted by atomic mass is 10.2. The highest BCUT2D eigenvalue weighted by Gasteiger charge is 2.17. The zero-order chi connectivity index (χ0) is 20.1. The van der Waals surface area contributed by atoms with E-state index in [1.165, 1.54) is 31.9 Å². The van der Waals surface area contributed by atoms with Gasteiger partial charge in [-0.3, -0.25) is 0 Å². The Morgan fingerprint density at radius 3 is 2.43 bits per heavy atom. The van der Waals surface area contributed by atoms with Crippen LogP contribution < -0.4 is 14.2 Å². The lowest BCUT2D eigenvalue weighted by Gasteiger charge is -2.10. The topological polar surface area (TPSA) is 77.5 Å². The SMILES string of the molecule is COc1ccc(S(=O)(=O)NCCc2csc(-c3ccc(C)cc3)n2)cc1OC. The average molecular weight is 419 g/mol. The molecule has 0 atom stereocenters. The number of thiazole rings is 1. The molecule has 0 saturated heterocycles. The lowest BCUT2D eigenvalue weighted by Crippen LogP contribution is -2.26. The lowest BCUT2D eigenvalue weighted by molar-refractivity contribution is 0.354. The molecule has 0 unspecified atom stereocenters.